The van der Waals surface area contributed by atoms with E-state index in [0.717, 1.165) is 12.1 Å². The molecule has 0 radical (unpaired) electrons. The van der Waals surface area contributed by atoms with E-state index in [0.29, 0.717) is 0 Å². The van der Waals surface area contributed by atoms with E-state index in [1.54, 1.807) is 0 Å². The molecule has 1 amide bonds. The van der Waals surface area contributed by atoms with Gasteiger partial charge in [-0.2, -0.15) is 4.39 Å². The number of rotatable bonds is 3. The highest BCUT2D eigenvalue weighted by molar-refractivity contribution is 6.33. The molecule has 0 unspecified atom stereocenters. The molecule has 0 aliphatic rings. The largest absolute Gasteiger partial charge is 0.321 e. The van der Waals surface area contributed by atoms with Crippen LogP contribution in [0.25, 0.3) is 0 Å². The lowest BCUT2D eigenvalue weighted by atomic mass is 10.2. The molecule has 8 heteroatoms. The third-order valence-corrected chi connectivity index (χ3v) is 2.65. The van der Waals surface area contributed by atoms with Gasteiger partial charge in [0.15, 0.2) is 0 Å². The van der Waals surface area contributed by atoms with Crippen LogP contribution in [0, 0.1) is 16.1 Å². The van der Waals surface area contributed by atoms with Gasteiger partial charge < -0.3 is 5.32 Å². The number of anilines is 1. The minimum atomic E-state index is -0.778. The lowest BCUT2D eigenvalue weighted by Gasteiger charge is -2.05. The van der Waals surface area contributed by atoms with Gasteiger partial charge in [-0.3, -0.25) is 14.9 Å². The van der Waals surface area contributed by atoms with Crippen molar-refractivity contribution in [1.82, 2.24) is 4.98 Å². The molecule has 0 saturated carbocycles. The zero-order chi connectivity index (χ0) is 14.7. The molecule has 2 aromatic rings. The molecule has 0 atom stereocenters. The molecule has 1 aromatic carbocycles. The number of nitrogens with one attached hydrogen (secondary N) is 1. The van der Waals surface area contributed by atoms with Gasteiger partial charge in [0.2, 0.25) is 5.95 Å². The number of carbonyl (C=O) groups excluding carboxylic acids is 1. The quantitative estimate of drug-likeness (QED) is 0.536. The molecule has 0 spiro atoms. The summed E-state index contributed by atoms with van der Waals surface area (Å²) in [5, 5.41) is 12.9. The summed E-state index contributed by atoms with van der Waals surface area (Å²) in [6.07, 6.45) is 0. The SMILES string of the molecule is O=C(Nc1ccc([N+](=O)[O-])c(Cl)c1)c1cccc(F)n1. The van der Waals surface area contributed by atoms with Gasteiger partial charge >= 0.3 is 0 Å². The lowest BCUT2D eigenvalue weighted by Crippen LogP contribution is -2.14. The minimum absolute atomic E-state index is 0.111. The first kappa shape index (κ1) is 13.9. The average Bonchev–Trinajstić information content (AvgIpc) is 2.38. The molecular weight excluding hydrogens is 289 g/mol. The number of hydrogen-bond donors (Lipinski definition) is 1. The fourth-order valence-corrected chi connectivity index (χ4v) is 1.71. The number of hydrogen-bond acceptors (Lipinski definition) is 4. The molecule has 1 N–H and O–H groups in total. The monoisotopic (exact) mass is 295 g/mol. The molecule has 0 fully saturated rings. The van der Waals surface area contributed by atoms with Gasteiger partial charge in [0.1, 0.15) is 10.7 Å². The smallest absolute Gasteiger partial charge is 0.288 e. The van der Waals surface area contributed by atoms with Crippen LogP contribution in [0.15, 0.2) is 36.4 Å². The summed E-state index contributed by atoms with van der Waals surface area (Å²) in [5.41, 5.74) is -0.135. The second-order valence-electron chi connectivity index (χ2n) is 3.72. The predicted octanol–water partition coefficient (Wildman–Crippen LogP) is 3.03. The molecule has 0 bridgehead atoms. The van der Waals surface area contributed by atoms with Crippen LogP contribution >= 0.6 is 11.6 Å². The summed E-state index contributed by atoms with van der Waals surface area (Å²) in [6.45, 7) is 0. The Morgan fingerprint density at radius 2 is 2.10 bits per heavy atom. The number of benzene rings is 1. The molecule has 1 heterocycles. The summed E-state index contributed by atoms with van der Waals surface area (Å²) in [7, 11) is 0. The maximum atomic E-state index is 12.9. The molecular formula is C12H7ClFN3O3. The Balaban J connectivity index is 2.20. The summed E-state index contributed by atoms with van der Waals surface area (Å²) in [6, 6.07) is 7.51. The van der Waals surface area contributed by atoms with Crippen molar-refractivity contribution < 1.29 is 14.1 Å². The Bertz CT molecular complexity index is 693. The first-order valence-corrected chi connectivity index (χ1v) is 5.73. The molecule has 2 rings (SSSR count). The maximum absolute atomic E-state index is 12.9. The van der Waals surface area contributed by atoms with Crippen molar-refractivity contribution >= 4 is 28.9 Å². The van der Waals surface area contributed by atoms with Gasteiger partial charge in [0.25, 0.3) is 11.6 Å². The number of amides is 1. The summed E-state index contributed by atoms with van der Waals surface area (Å²) in [4.78, 5) is 25.2. The van der Waals surface area contributed by atoms with Crippen LogP contribution in [-0.2, 0) is 0 Å². The van der Waals surface area contributed by atoms with Crippen molar-refractivity contribution in [3.63, 3.8) is 0 Å². The van der Waals surface area contributed by atoms with Crippen LogP contribution in [0.3, 0.4) is 0 Å². The minimum Gasteiger partial charge on any atom is -0.321 e. The van der Waals surface area contributed by atoms with Gasteiger partial charge in [-0.15, -0.1) is 0 Å². The number of halogens is 2. The van der Waals surface area contributed by atoms with Crippen LogP contribution in [0.2, 0.25) is 5.02 Å². The summed E-state index contributed by atoms with van der Waals surface area (Å²) < 4.78 is 12.9. The Hall–Kier alpha value is -2.54. The Morgan fingerprint density at radius 1 is 1.35 bits per heavy atom. The molecule has 0 aliphatic carbocycles. The summed E-state index contributed by atoms with van der Waals surface area (Å²) >= 11 is 5.71. The lowest BCUT2D eigenvalue weighted by molar-refractivity contribution is -0.384. The average molecular weight is 296 g/mol. The number of pyridine rings is 1. The number of carbonyl (C=O) groups is 1. The zero-order valence-corrected chi connectivity index (χ0v) is 10.6. The predicted molar refractivity (Wildman–Crippen MR) is 70.3 cm³/mol. The maximum Gasteiger partial charge on any atom is 0.288 e. The molecule has 102 valence electrons. The van der Waals surface area contributed by atoms with Crippen LogP contribution in [0.5, 0.6) is 0 Å². The first-order valence-electron chi connectivity index (χ1n) is 5.35. The zero-order valence-electron chi connectivity index (χ0n) is 9.84. The second kappa shape index (κ2) is 5.62. The normalized spacial score (nSPS) is 10.1. The van der Waals surface area contributed by atoms with Crippen LogP contribution < -0.4 is 5.32 Å². The van der Waals surface area contributed by atoms with Crippen LogP contribution in [0.1, 0.15) is 10.5 Å². The third-order valence-electron chi connectivity index (χ3n) is 2.35. The van der Waals surface area contributed by atoms with Crippen molar-refractivity contribution in [2.45, 2.75) is 0 Å². The van der Waals surface area contributed by atoms with Crippen molar-refractivity contribution in [2.24, 2.45) is 0 Å². The van der Waals surface area contributed by atoms with E-state index >= 15 is 0 Å². The van der Waals surface area contributed by atoms with Crippen molar-refractivity contribution in [1.29, 1.82) is 0 Å². The fraction of sp³-hybridized carbons (Fsp3) is 0. The third kappa shape index (κ3) is 3.07. The Morgan fingerprint density at radius 3 is 2.70 bits per heavy atom. The number of aromatic nitrogens is 1. The highest BCUT2D eigenvalue weighted by Crippen LogP contribution is 2.27. The van der Waals surface area contributed by atoms with E-state index in [2.05, 4.69) is 10.3 Å². The topological polar surface area (TPSA) is 85.1 Å². The Labute approximate surface area is 117 Å². The number of nitrogens with zero attached hydrogens (tertiary/aromatic N) is 2. The van der Waals surface area contributed by atoms with Crippen molar-refractivity contribution in [3.8, 4) is 0 Å². The van der Waals surface area contributed by atoms with Crippen LogP contribution in [0.4, 0.5) is 15.8 Å². The van der Waals surface area contributed by atoms with E-state index < -0.39 is 16.8 Å². The van der Waals surface area contributed by atoms with Gasteiger partial charge in [0, 0.05) is 11.8 Å². The first-order chi connectivity index (χ1) is 9.47. The molecule has 6 nitrogen and oxygen atoms in total. The highest BCUT2D eigenvalue weighted by Gasteiger charge is 2.14. The van der Waals surface area contributed by atoms with E-state index in [1.807, 2.05) is 0 Å². The van der Waals surface area contributed by atoms with E-state index in [4.69, 9.17) is 11.6 Å². The van der Waals surface area contributed by atoms with E-state index in [9.17, 15) is 19.3 Å². The van der Waals surface area contributed by atoms with Gasteiger partial charge in [0.05, 0.1) is 4.92 Å². The highest BCUT2D eigenvalue weighted by atomic mass is 35.5. The molecule has 0 aliphatic heterocycles. The van der Waals surface area contributed by atoms with E-state index in [1.165, 1.54) is 24.3 Å². The fourth-order valence-electron chi connectivity index (χ4n) is 1.46. The van der Waals surface area contributed by atoms with Gasteiger partial charge in [-0.05, 0) is 24.3 Å². The standard InChI is InChI=1S/C12H7ClFN3O3/c13-8-6-7(4-5-10(8)17(19)20)15-12(18)9-2-1-3-11(14)16-9/h1-6H,(H,15,18). The van der Waals surface area contributed by atoms with Gasteiger partial charge in [-0.25, -0.2) is 4.98 Å². The molecule has 0 saturated heterocycles. The second-order valence-corrected chi connectivity index (χ2v) is 4.13. The number of nitro benzene ring substituents is 1. The van der Waals surface area contributed by atoms with Crippen molar-refractivity contribution in [3.05, 3.63) is 63.2 Å². The van der Waals surface area contributed by atoms with E-state index in [-0.39, 0.29) is 22.1 Å². The van der Waals surface area contributed by atoms with Gasteiger partial charge in [-0.1, -0.05) is 17.7 Å². The number of nitro groups is 1. The Kier molecular flexibility index (Phi) is 3.90. The van der Waals surface area contributed by atoms with Crippen LogP contribution in [-0.4, -0.2) is 15.8 Å². The van der Waals surface area contributed by atoms with Crippen molar-refractivity contribution in [2.75, 3.05) is 5.32 Å². The molecule has 1 aromatic heterocycles. The summed E-state index contributed by atoms with van der Waals surface area (Å²) in [5.74, 6) is -1.42. The molecule has 20 heavy (non-hydrogen) atoms.